The van der Waals surface area contributed by atoms with Gasteiger partial charge in [-0.1, -0.05) is 11.6 Å². The number of benzene rings is 1. The summed E-state index contributed by atoms with van der Waals surface area (Å²) in [5.74, 6) is -0.686. The molecule has 0 saturated carbocycles. The molecule has 4 heterocycles. The van der Waals surface area contributed by atoms with Crippen LogP contribution in [0.3, 0.4) is 0 Å². The van der Waals surface area contributed by atoms with Crippen molar-refractivity contribution in [2.75, 3.05) is 13.7 Å². The summed E-state index contributed by atoms with van der Waals surface area (Å²) in [7, 11) is 1.58. The SMILES string of the molecule is COCC[C@@H](c1ccc(-c2c(-n3cnnn3)ccc(Cl)c2F)c[n+]1[O-])n1cc(-n2cnnc2)cn1. The normalized spacial score (nSPS) is 12.2. The van der Waals surface area contributed by atoms with Crippen LogP contribution in [0.25, 0.3) is 22.5 Å². The highest BCUT2D eigenvalue weighted by molar-refractivity contribution is 6.31. The predicted octanol–water partition coefficient (Wildman–Crippen LogP) is 2.16. The molecule has 14 heteroatoms. The summed E-state index contributed by atoms with van der Waals surface area (Å²) in [6, 6.07) is 5.82. The molecule has 0 unspecified atom stereocenters. The minimum absolute atomic E-state index is 0.0885. The van der Waals surface area contributed by atoms with E-state index in [4.69, 9.17) is 16.3 Å². The van der Waals surface area contributed by atoms with Crippen LogP contribution in [0.1, 0.15) is 18.2 Å². The molecule has 0 saturated heterocycles. The molecule has 0 fully saturated rings. The number of methoxy groups -OCH3 is 1. The van der Waals surface area contributed by atoms with Crippen molar-refractivity contribution < 1.29 is 13.9 Å². The Balaban J connectivity index is 1.56. The van der Waals surface area contributed by atoms with Crippen molar-refractivity contribution in [2.45, 2.75) is 12.5 Å². The minimum Gasteiger partial charge on any atom is -0.618 e. The zero-order valence-corrected chi connectivity index (χ0v) is 19.1. The van der Waals surface area contributed by atoms with E-state index >= 15 is 4.39 Å². The number of aromatic nitrogens is 10. The van der Waals surface area contributed by atoms with Crippen LogP contribution < -0.4 is 4.73 Å². The Morgan fingerprint density at radius 1 is 1.14 bits per heavy atom. The van der Waals surface area contributed by atoms with E-state index in [1.807, 2.05) is 0 Å². The van der Waals surface area contributed by atoms with Crippen molar-refractivity contribution in [3.05, 3.63) is 83.6 Å². The lowest BCUT2D eigenvalue weighted by molar-refractivity contribution is -0.615. The maximum Gasteiger partial charge on any atom is 0.217 e. The first-order valence-corrected chi connectivity index (χ1v) is 10.8. The van der Waals surface area contributed by atoms with Gasteiger partial charge in [0.15, 0.2) is 12.0 Å². The second-order valence-electron chi connectivity index (χ2n) is 7.52. The first kappa shape index (κ1) is 22.6. The monoisotopic (exact) mass is 496 g/mol. The van der Waals surface area contributed by atoms with Gasteiger partial charge in [0.05, 0.1) is 39.9 Å². The number of tetrazole rings is 1. The molecular weight excluding hydrogens is 479 g/mol. The summed E-state index contributed by atoms with van der Waals surface area (Å²) in [5.41, 5.74) is 1.88. The lowest BCUT2D eigenvalue weighted by Gasteiger charge is -2.18. The summed E-state index contributed by atoms with van der Waals surface area (Å²) in [6.07, 6.45) is 9.63. The third-order valence-corrected chi connectivity index (χ3v) is 5.75. The van der Waals surface area contributed by atoms with Crippen LogP contribution in [0.2, 0.25) is 5.02 Å². The molecule has 0 bridgehead atoms. The molecule has 0 amide bonds. The van der Waals surface area contributed by atoms with E-state index in [1.165, 1.54) is 23.3 Å². The smallest absolute Gasteiger partial charge is 0.217 e. The molecule has 0 radical (unpaired) electrons. The van der Waals surface area contributed by atoms with Crippen LogP contribution in [0.5, 0.6) is 0 Å². The van der Waals surface area contributed by atoms with Crippen molar-refractivity contribution in [3.63, 3.8) is 0 Å². The Kier molecular flexibility index (Phi) is 6.16. The van der Waals surface area contributed by atoms with Crippen molar-refractivity contribution in [1.29, 1.82) is 0 Å². The molecule has 1 aromatic carbocycles. The summed E-state index contributed by atoms with van der Waals surface area (Å²) in [5, 5.41) is 36.2. The number of nitrogens with zero attached hydrogens (tertiary/aromatic N) is 10. The highest BCUT2D eigenvalue weighted by atomic mass is 35.5. The van der Waals surface area contributed by atoms with E-state index in [9.17, 15) is 5.21 Å². The molecule has 35 heavy (non-hydrogen) atoms. The summed E-state index contributed by atoms with van der Waals surface area (Å²) in [6.45, 7) is 0.389. The fraction of sp³-hybridized carbons (Fsp3) is 0.190. The van der Waals surface area contributed by atoms with Gasteiger partial charge in [-0.15, -0.1) is 15.3 Å². The molecule has 178 valence electrons. The van der Waals surface area contributed by atoms with Crippen molar-refractivity contribution in [3.8, 4) is 22.5 Å². The van der Waals surface area contributed by atoms with E-state index in [0.717, 1.165) is 5.69 Å². The zero-order valence-electron chi connectivity index (χ0n) is 18.3. The number of hydrogen-bond donors (Lipinski definition) is 0. The molecule has 0 spiro atoms. The van der Waals surface area contributed by atoms with Crippen LogP contribution >= 0.6 is 11.6 Å². The second-order valence-corrected chi connectivity index (χ2v) is 7.93. The number of pyridine rings is 1. The van der Waals surface area contributed by atoms with Crippen LogP contribution in [-0.4, -0.2) is 58.5 Å². The minimum atomic E-state index is -0.686. The number of ether oxygens (including phenoxy) is 1. The van der Waals surface area contributed by atoms with Gasteiger partial charge in [-0.25, -0.2) is 4.39 Å². The summed E-state index contributed by atoms with van der Waals surface area (Å²) < 4.78 is 25.7. The molecule has 12 nitrogen and oxygen atoms in total. The van der Waals surface area contributed by atoms with Gasteiger partial charge in [0, 0.05) is 26.2 Å². The summed E-state index contributed by atoms with van der Waals surface area (Å²) >= 11 is 6.04. The van der Waals surface area contributed by atoms with Gasteiger partial charge >= 0.3 is 0 Å². The molecule has 0 N–H and O–H groups in total. The maximum absolute atomic E-state index is 15.1. The molecular formula is C21H18ClFN10O2. The van der Waals surface area contributed by atoms with Gasteiger partial charge in [0.2, 0.25) is 5.69 Å². The Labute approximate surface area is 202 Å². The number of rotatable bonds is 8. The van der Waals surface area contributed by atoms with Gasteiger partial charge in [-0.05, 0) is 28.6 Å². The average molecular weight is 497 g/mol. The van der Waals surface area contributed by atoms with Crippen molar-refractivity contribution in [2.24, 2.45) is 0 Å². The van der Waals surface area contributed by atoms with E-state index in [-0.39, 0.29) is 10.6 Å². The Hall–Kier alpha value is -4.23. The Morgan fingerprint density at radius 2 is 1.97 bits per heavy atom. The standard InChI is InChI=1S/C21H18ClFN10O2/c1-35-7-6-17(31-10-15(8-27-31)30-11-24-25-12-30)18-4-2-14(9-33(18)34)20-19(32-13-26-28-29-32)5-3-16(22)21(20)23/h2-5,8-13,17H,6-7H2,1H3/t17-/m0/s1. The molecule has 5 rings (SSSR count). The second kappa shape index (κ2) is 9.56. The highest BCUT2D eigenvalue weighted by Crippen LogP contribution is 2.33. The van der Waals surface area contributed by atoms with Crippen molar-refractivity contribution >= 4 is 11.6 Å². The maximum atomic E-state index is 15.1. The fourth-order valence-corrected chi connectivity index (χ4v) is 3.94. The van der Waals surface area contributed by atoms with Gasteiger partial charge in [0.25, 0.3) is 0 Å². The zero-order chi connectivity index (χ0) is 24.4. The van der Waals surface area contributed by atoms with E-state index in [2.05, 4.69) is 30.8 Å². The van der Waals surface area contributed by atoms with E-state index in [1.54, 1.807) is 59.6 Å². The Morgan fingerprint density at radius 3 is 2.69 bits per heavy atom. The summed E-state index contributed by atoms with van der Waals surface area (Å²) in [4.78, 5) is 0. The van der Waals surface area contributed by atoms with Gasteiger partial charge in [-0.3, -0.25) is 9.25 Å². The lowest BCUT2D eigenvalue weighted by atomic mass is 10.0. The molecule has 0 aliphatic rings. The molecule has 4 aromatic heterocycles. The fourth-order valence-electron chi connectivity index (χ4n) is 3.79. The predicted molar refractivity (Wildman–Crippen MR) is 120 cm³/mol. The van der Waals surface area contributed by atoms with Crippen molar-refractivity contribution in [1.82, 2.24) is 44.8 Å². The largest absolute Gasteiger partial charge is 0.618 e. The lowest BCUT2D eigenvalue weighted by Crippen LogP contribution is -2.36. The number of hydrogen-bond acceptors (Lipinski definition) is 8. The van der Waals surface area contributed by atoms with E-state index in [0.29, 0.717) is 34.7 Å². The third-order valence-electron chi connectivity index (χ3n) is 5.46. The molecule has 1 atom stereocenters. The van der Waals surface area contributed by atoms with E-state index < -0.39 is 11.9 Å². The first-order chi connectivity index (χ1) is 17.1. The highest BCUT2D eigenvalue weighted by Gasteiger charge is 2.25. The first-order valence-electron chi connectivity index (χ1n) is 10.4. The molecule has 0 aliphatic carbocycles. The Bertz CT molecular complexity index is 1440. The van der Waals surface area contributed by atoms with Crippen LogP contribution in [-0.2, 0) is 4.74 Å². The van der Waals surface area contributed by atoms with Gasteiger partial charge in [0.1, 0.15) is 25.0 Å². The molecule has 0 aliphatic heterocycles. The average Bonchev–Trinajstić information content (AvgIpc) is 3.64. The van der Waals surface area contributed by atoms with Crippen LogP contribution in [0.15, 0.2) is 61.8 Å². The quantitative estimate of drug-likeness (QED) is 0.236. The third kappa shape index (κ3) is 4.34. The topological polar surface area (TPSA) is 128 Å². The van der Waals surface area contributed by atoms with Crippen LogP contribution in [0.4, 0.5) is 4.39 Å². The number of halogens is 2. The van der Waals surface area contributed by atoms with Gasteiger partial charge < -0.3 is 9.94 Å². The van der Waals surface area contributed by atoms with Crippen LogP contribution in [0, 0.1) is 11.0 Å². The molecule has 5 aromatic rings. The van der Waals surface area contributed by atoms with Gasteiger partial charge in [-0.2, -0.15) is 14.5 Å².